The fraction of sp³-hybridized carbons (Fsp3) is 0.280. The van der Waals surface area contributed by atoms with Crippen LogP contribution in [0.5, 0.6) is 5.75 Å². The molecule has 6 nitrogen and oxygen atoms in total. The van der Waals surface area contributed by atoms with Crippen LogP contribution >= 0.6 is 0 Å². The molecule has 0 amide bonds. The number of hydrogen-bond acceptors (Lipinski definition) is 6. The minimum atomic E-state index is -3.28. The largest absolute Gasteiger partial charge is 0.508 e. The topological polar surface area (TPSA) is 92.2 Å². The van der Waals surface area contributed by atoms with E-state index in [2.05, 4.69) is 15.3 Å². The van der Waals surface area contributed by atoms with Crippen molar-refractivity contribution < 1.29 is 13.5 Å². The molecule has 166 valence electrons. The molecule has 1 aliphatic carbocycles. The Morgan fingerprint density at radius 3 is 2.47 bits per heavy atom. The van der Waals surface area contributed by atoms with Crippen LogP contribution in [0.3, 0.4) is 0 Å². The monoisotopic (exact) mass is 449 g/mol. The lowest BCUT2D eigenvalue weighted by Crippen LogP contribution is -2.24. The zero-order valence-electron chi connectivity index (χ0n) is 18.0. The number of nitrogens with zero attached hydrogens (tertiary/aromatic N) is 2. The summed E-state index contributed by atoms with van der Waals surface area (Å²) in [4.78, 5) is 9.24. The van der Waals surface area contributed by atoms with Crippen LogP contribution in [0, 0.1) is 6.92 Å². The molecule has 0 saturated heterocycles. The molecule has 2 N–H and O–H groups in total. The van der Waals surface area contributed by atoms with E-state index in [1.165, 1.54) is 0 Å². The minimum absolute atomic E-state index is 0.220. The summed E-state index contributed by atoms with van der Waals surface area (Å²) in [6.45, 7) is 1.90. The number of aromatic nitrogens is 2. The van der Waals surface area contributed by atoms with Crippen molar-refractivity contribution in [3.05, 3.63) is 71.5 Å². The van der Waals surface area contributed by atoms with Gasteiger partial charge in [-0.3, -0.25) is 0 Å². The maximum atomic E-state index is 12.9. The second-order valence-corrected chi connectivity index (χ2v) is 10.3. The van der Waals surface area contributed by atoms with Gasteiger partial charge in [0.25, 0.3) is 0 Å². The Kier molecular flexibility index (Phi) is 6.55. The standard InChI is InChI=1S/C25H27N3O3S/c1-18-20(11-10-19-6-5-7-22(29)16-19)17-26-25(27-18)28-21-12-14-24(15-13-21)32(30,31)23-8-3-2-4-9-23/h5-7,10-17,23,29H,2-4,8-9H2,1H3,(H,26,27,28)/b11-10+. The molecular formula is C25H27N3O3S. The van der Waals surface area contributed by atoms with Gasteiger partial charge in [0.1, 0.15) is 5.75 Å². The molecular weight excluding hydrogens is 422 g/mol. The normalized spacial score (nSPS) is 15.2. The van der Waals surface area contributed by atoms with E-state index in [9.17, 15) is 13.5 Å². The third kappa shape index (κ3) is 5.16. The average Bonchev–Trinajstić information content (AvgIpc) is 2.80. The Hall–Kier alpha value is -3.19. The SMILES string of the molecule is Cc1nc(Nc2ccc(S(=O)(=O)C3CCCCC3)cc2)ncc1/C=C/c1cccc(O)c1. The maximum Gasteiger partial charge on any atom is 0.227 e. The molecule has 1 aromatic heterocycles. The van der Waals surface area contributed by atoms with E-state index in [0.29, 0.717) is 10.8 Å². The van der Waals surface area contributed by atoms with Crippen LogP contribution in [-0.2, 0) is 9.84 Å². The van der Waals surface area contributed by atoms with Gasteiger partial charge in [0.2, 0.25) is 5.95 Å². The Labute approximate surface area is 189 Å². The van der Waals surface area contributed by atoms with E-state index in [4.69, 9.17) is 0 Å². The number of anilines is 2. The lowest BCUT2D eigenvalue weighted by molar-refractivity contribution is 0.475. The van der Waals surface area contributed by atoms with Crippen molar-refractivity contribution in [2.45, 2.75) is 49.2 Å². The Morgan fingerprint density at radius 2 is 1.78 bits per heavy atom. The van der Waals surface area contributed by atoms with Gasteiger partial charge < -0.3 is 10.4 Å². The molecule has 7 heteroatoms. The summed E-state index contributed by atoms with van der Waals surface area (Å²) in [6.07, 6.45) is 10.1. The van der Waals surface area contributed by atoms with Crippen LogP contribution in [0.4, 0.5) is 11.6 Å². The highest BCUT2D eigenvalue weighted by atomic mass is 32.2. The van der Waals surface area contributed by atoms with Crippen molar-refractivity contribution in [2.24, 2.45) is 0 Å². The summed E-state index contributed by atoms with van der Waals surface area (Å²) in [7, 11) is -3.28. The van der Waals surface area contributed by atoms with Gasteiger partial charge in [-0.25, -0.2) is 18.4 Å². The number of hydrogen-bond donors (Lipinski definition) is 2. The van der Waals surface area contributed by atoms with Gasteiger partial charge in [0.15, 0.2) is 9.84 Å². The van der Waals surface area contributed by atoms with Crippen LogP contribution in [0.1, 0.15) is 48.9 Å². The van der Waals surface area contributed by atoms with Crippen molar-refractivity contribution in [3.8, 4) is 5.75 Å². The second-order valence-electron chi connectivity index (χ2n) is 8.12. The first kappa shape index (κ1) is 22.0. The van der Waals surface area contributed by atoms with Gasteiger partial charge in [-0.2, -0.15) is 0 Å². The first-order valence-electron chi connectivity index (χ1n) is 10.8. The molecule has 1 saturated carbocycles. The van der Waals surface area contributed by atoms with E-state index < -0.39 is 9.84 Å². The lowest BCUT2D eigenvalue weighted by atomic mass is 10.0. The van der Waals surface area contributed by atoms with E-state index >= 15 is 0 Å². The fourth-order valence-corrected chi connectivity index (χ4v) is 5.79. The van der Waals surface area contributed by atoms with Crippen LogP contribution in [0.15, 0.2) is 59.6 Å². The van der Waals surface area contributed by atoms with Crippen molar-refractivity contribution >= 4 is 33.6 Å². The number of rotatable bonds is 6. The molecule has 2 aromatic carbocycles. The molecule has 0 atom stereocenters. The molecule has 0 aliphatic heterocycles. The molecule has 0 unspecified atom stereocenters. The molecule has 4 rings (SSSR count). The summed E-state index contributed by atoms with van der Waals surface area (Å²) < 4.78 is 25.7. The zero-order valence-corrected chi connectivity index (χ0v) is 18.8. The first-order valence-corrected chi connectivity index (χ1v) is 12.4. The van der Waals surface area contributed by atoms with E-state index in [-0.39, 0.29) is 11.0 Å². The Balaban J connectivity index is 1.44. The van der Waals surface area contributed by atoms with Gasteiger partial charge in [0, 0.05) is 17.4 Å². The number of aryl methyl sites for hydroxylation is 1. The van der Waals surface area contributed by atoms with E-state index in [1.54, 1.807) is 48.7 Å². The second kappa shape index (κ2) is 9.53. The van der Waals surface area contributed by atoms with Gasteiger partial charge in [-0.1, -0.05) is 43.5 Å². The third-order valence-corrected chi connectivity index (χ3v) is 8.05. The predicted octanol–water partition coefficient (Wildman–Crippen LogP) is 5.51. The van der Waals surface area contributed by atoms with E-state index in [0.717, 1.165) is 54.6 Å². The fourth-order valence-electron chi connectivity index (χ4n) is 3.94. The number of benzene rings is 2. The van der Waals surface area contributed by atoms with Crippen molar-refractivity contribution in [3.63, 3.8) is 0 Å². The zero-order chi connectivity index (χ0) is 22.6. The smallest absolute Gasteiger partial charge is 0.227 e. The van der Waals surface area contributed by atoms with Crippen LogP contribution in [0.25, 0.3) is 12.2 Å². The predicted molar refractivity (Wildman–Crippen MR) is 128 cm³/mol. The van der Waals surface area contributed by atoms with Crippen molar-refractivity contribution in [1.82, 2.24) is 9.97 Å². The van der Waals surface area contributed by atoms with Gasteiger partial charge in [-0.15, -0.1) is 0 Å². The molecule has 3 aromatic rings. The third-order valence-electron chi connectivity index (χ3n) is 5.77. The highest BCUT2D eigenvalue weighted by Gasteiger charge is 2.28. The number of phenolic OH excluding ortho intramolecular Hbond substituents is 1. The van der Waals surface area contributed by atoms with Crippen LogP contribution in [0.2, 0.25) is 0 Å². The minimum Gasteiger partial charge on any atom is -0.508 e. The highest BCUT2D eigenvalue weighted by molar-refractivity contribution is 7.92. The summed E-state index contributed by atoms with van der Waals surface area (Å²) in [5.41, 5.74) is 3.29. The summed E-state index contributed by atoms with van der Waals surface area (Å²) >= 11 is 0. The van der Waals surface area contributed by atoms with Crippen LogP contribution < -0.4 is 5.32 Å². The summed E-state index contributed by atoms with van der Waals surface area (Å²) in [6, 6.07) is 13.8. The quantitative estimate of drug-likeness (QED) is 0.515. The van der Waals surface area contributed by atoms with Gasteiger partial charge >= 0.3 is 0 Å². The molecule has 1 aliphatic rings. The van der Waals surface area contributed by atoms with Crippen LogP contribution in [-0.4, -0.2) is 28.7 Å². The highest BCUT2D eigenvalue weighted by Crippen LogP contribution is 2.29. The molecule has 0 bridgehead atoms. The maximum absolute atomic E-state index is 12.9. The first-order chi connectivity index (χ1) is 15.4. The van der Waals surface area contributed by atoms with Crippen molar-refractivity contribution in [2.75, 3.05) is 5.32 Å². The van der Waals surface area contributed by atoms with Gasteiger partial charge in [-0.05, 0) is 61.7 Å². The number of phenols is 1. The molecule has 1 heterocycles. The van der Waals surface area contributed by atoms with Gasteiger partial charge in [0.05, 0.1) is 15.8 Å². The summed E-state index contributed by atoms with van der Waals surface area (Å²) in [5, 5.41) is 12.4. The van der Waals surface area contributed by atoms with Crippen molar-refractivity contribution in [1.29, 1.82) is 0 Å². The number of aromatic hydroxyl groups is 1. The molecule has 1 fully saturated rings. The summed E-state index contributed by atoms with van der Waals surface area (Å²) in [5.74, 6) is 0.664. The Morgan fingerprint density at radius 1 is 1.03 bits per heavy atom. The Bertz CT molecular complexity index is 1220. The number of nitrogens with one attached hydrogen (secondary N) is 1. The lowest BCUT2D eigenvalue weighted by Gasteiger charge is -2.21. The number of sulfone groups is 1. The molecule has 32 heavy (non-hydrogen) atoms. The molecule has 0 radical (unpaired) electrons. The average molecular weight is 450 g/mol. The van der Waals surface area contributed by atoms with E-state index in [1.807, 2.05) is 25.1 Å². The molecule has 0 spiro atoms.